The van der Waals surface area contributed by atoms with Crippen LogP contribution in [0.4, 0.5) is 0 Å². The summed E-state index contributed by atoms with van der Waals surface area (Å²) in [5.41, 5.74) is 0.533. The summed E-state index contributed by atoms with van der Waals surface area (Å²) in [7, 11) is 0. The van der Waals surface area contributed by atoms with Gasteiger partial charge in [-0.2, -0.15) is 0 Å². The number of rotatable bonds is 5. The highest BCUT2D eigenvalue weighted by Gasteiger charge is 2.67. The smallest absolute Gasteiger partial charge is 0.150 e. The van der Waals surface area contributed by atoms with Gasteiger partial charge in [-0.25, -0.2) is 0 Å². The molecule has 0 amide bonds. The van der Waals surface area contributed by atoms with Crippen molar-refractivity contribution in [1.29, 1.82) is 0 Å². The number of ketones is 1. The first-order chi connectivity index (χ1) is 14.0. The van der Waals surface area contributed by atoms with Gasteiger partial charge < -0.3 is 0 Å². The Balaban J connectivity index is 1.54. The monoisotopic (exact) mass is 498 g/mol. The fourth-order valence-corrected chi connectivity index (χ4v) is 10.5. The van der Waals surface area contributed by atoms with Crippen LogP contribution in [0.2, 0.25) is 0 Å². The topological polar surface area (TPSA) is 17.1 Å². The zero-order valence-electron chi connectivity index (χ0n) is 20.0. The number of Topliss-reactive ketones (excluding diaryl/α,β-unsaturated/α-hetero) is 1. The third-order valence-corrected chi connectivity index (χ3v) is 12.7. The van der Waals surface area contributed by atoms with E-state index in [9.17, 15) is 4.79 Å². The van der Waals surface area contributed by atoms with Gasteiger partial charge in [-0.15, -0.1) is 11.6 Å². The van der Waals surface area contributed by atoms with Crippen LogP contribution in [0.5, 0.6) is 0 Å². The van der Waals surface area contributed by atoms with Gasteiger partial charge in [-0.1, -0.05) is 69.8 Å². The van der Waals surface area contributed by atoms with Gasteiger partial charge >= 0.3 is 0 Å². The highest BCUT2D eigenvalue weighted by molar-refractivity contribution is 9.10. The second-order valence-corrected chi connectivity index (χ2v) is 14.6. The number of hydrogen-bond acceptors (Lipinski definition) is 1. The lowest BCUT2D eigenvalue weighted by Gasteiger charge is -2.63. The van der Waals surface area contributed by atoms with E-state index in [1.807, 2.05) is 0 Å². The van der Waals surface area contributed by atoms with Gasteiger partial charge in [-0.3, -0.25) is 4.79 Å². The van der Waals surface area contributed by atoms with Crippen LogP contribution in [0.25, 0.3) is 0 Å². The number of halogens is 2. The molecule has 4 aliphatic rings. The van der Waals surface area contributed by atoms with Gasteiger partial charge in [0.05, 0.1) is 4.32 Å². The molecule has 3 heteroatoms. The lowest BCUT2D eigenvalue weighted by molar-refractivity contribution is -0.147. The normalized spacial score (nSPS) is 49.5. The number of alkyl halides is 2. The maximum Gasteiger partial charge on any atom is 0.150 e. The van der Waals surface area contributed by atoms with Gasteiger partial charge in [-0.05, 0) is 91.3 Å². The molecule has 0 aliphatic heterocycles. The minimum Gasteiger partial charge on any atom is -0.298 e. The first kappa shape index (κ1) is 23.6. The van der Waals surface area contributed by atoms with Crippen LogP contribution in [0.3, 0.4) is 0 Å². The predicted octanol–water partition coefficient (Wildman–Crippen LogP) is 8.41. The molecule has 0 saturated heterocycles. The molecular formula is C27H44BrClO. The molecule has 172 valence electrons. The van der Waals surface area contributed by atoms with Gasteiger partial charge in [0.25, 0.3) is 0 Å². The molecule has 4 aliphatic carbocycles. The van der Waals surface area contributed by atoms with Gasteiger partial charge in [0.1, 0.15) is 5.78 Å². The zero-order chi connectivity index (χ0) is 21.9. The third-order valence-electron chi connectivity index (χ3n) is 10.7. The number of carbonyl (C=O) groups is 1. The lowest BCUT2D eigenvalue weighted by atomic mass is 9.44. The van der Waals surface area contributed by atoms with Crippen LogP contribution in [0.1, 0.15) is 105 Å². The Hall–Kier alpha value is 0.440. The van der Waals surface area contributed by atoms with Crippen molar-refractivity contribution in [3.8, 4) is 0 Å². The molecule has 1 nitrogen and oxygen atoms in total. The van der Waals surface area contributed by atoms with Gasteiger partial charge in [0, 0.05) is 11.8 Å². The summed E-state index contributed by atoms with van der Waals surface area (Å²) >= 11 is 10.6. The fraction of sp³-hybridized carbons (Fsp3) is 0.963. The highest BCUT2D eigenvalue weighted by Crippen LogP contribution is 2.70. The molecule has 0 bridgehead atoms. The van der Waals surface area contributed by atoms with Crippen molar-refractivity contribution < 1.29 is 4.79 Å². The Morgan fingerprint density at radius 3 is 2.47 bits per heavy atom. The van der Waals surface area contributed by atoms with E-state index in [0.29, 0.717) is 23.0 Å². The molecule has 0 unspecified atom stereocenters. The molecule has 4 fully saturated rings. The van der Waals surface area contributed by atoms with E-state index in [1.54, 1.807) is 0 Å². The van der Waals surface area contributed by atoms with Crippen molar-refractivity contribution in [3.05, 3.63) is 0 Å². The minimum atomic E-state index is -0.373. The first-order valence-electron chi connectivity index (χ1n) is 12.9. The average Bonchev–Trinajstić information content (AvgIpc) is 3.01. The SMILES string of the molecule is CC(C)CCC[C@@H](C)[C@H]1CC[C@H]2[C@@H]3CC(=O)[C@@]4(Br)C[C@@H](Cl)CC[C@]4(C)[C@H]3CC[C@]12C. The van der Waals surface area contributed by atoms with Crippen molar-refractivity contribution in [2.75, 3.05) is 0 Å². The number of hydrogen-bond donors (Lipinski definition) is 0. The molecule has 30 heavy (non-hydrogen) atoms. The van der Waals surface area contributed by atoms with Gasteiger partial charge in [0.2, 0.25) is 0 Å². The Morgan fingerprint density at radius 1 is 1.03 bits per heavy atom. The van der Waals surface area contributed by atoms with Gasteiger partial charge in [0.15, 0.2) is 0 Å². The van der Waals surface area contributed by atoms with E-state index in [0.717, 1.165) is 49.4 Å². The summed E-state index contributed by atoms with van der Waals surface area (Å²) < 4.78 is -0.373. The Morgan fingerprint density at radius 2 is 1.77 bits per heavy atom. The van der Waals surface area contributed by atoms with E-state index in [4.69, 9.17) is 11.6 Å². The Kier molecular flexibility index (Phi) is 6.56. The lowest BCUT2D eigenvalue weighted by Crippen LogP contribution is -2.64. The molecule has 0 heterocycles. The molecular weight excluding hydrogens is 456 g/mol. The first-order valence-corrected chi connectivity index (χ1v) is 14.1. The quantitative estimate of drug-likeness (QED) is 0.347. The maximum atomic E-state index is 13.6. The molecule has 0 aromatic carbocycles. The summed E-state index contributed by atoms with van der Waals surface area (Å²) in [6.45, 7) is 12.3. The molecule has 0 aromatic rings. The highest BCUT2D eigenvalue weighted by atomic mass is 79.9. The molecule has 0 N–H and O–H groups in total. The molecule has 0 aromatic heterocycles. The van der Waals surface area contributed by atoms with Crippen molar-refractivity contribution in [2.24, 2.45) is 46.3 Å². The van der Waals surface area contributed by atoms with E-state index < -0.39 is 0 Å². The van der Waals surface area contributed by atoms with Crippen LogP contribution >= 0.6 is 27.5 Å². The molecule has 0 radical (unpaired) electrons. The van der Waals surface area contributed by atoms with E-state index in [-0.39, 0.29) is 15.1 Å². The van der Waals surface area contributed by atoms with Crippen LogP contribution in [-0.4, -0.2) is 15.5 Å². The third kappa shape index (κ3) is 3.57. The summed E-state index contributed by atoms with van der Waals surface area (Å²) in [6, 6.07) is 0. The average molecular weight is 500 g/mol. The maximum absolute atomic E-state index is 13.6. The van der Waals surface area contributed by atoms with E-state index >= 15 is 0 Å². The largest absolute Gasteiger partial charge is 0.298 e. The fourth-order valence-electron chi connectivity index (χ4n) is 8.97. The Bertz CT molecular complexity index is 663. The van der Waals surface area contributed by atoms with Crippen molar-refractivity contribution >= 4 is 33.3 Å². The summed E-state index contributed by atoms with van der Waals surface area (Å²) in [6.07, 6.45) is 13.4. The Labute approximate surface area is 199 Å². The predicted molar refractivity (Wildman–Crippen MR) is 131 cm³/mol. The second-order valence-electron chi connectivity index (χ2n) is 12.6. The zero-order valence-corrected chi connectivity index (χ0v) is 22.3. The molecule has 4 rings (SSSR count). The van der Waals surface area contributed by atoms with Crippen molar-refractivity contribution in [2.45, 2.75) is 115 Å². The summed E-state index contributed by atoms with van der Waals surface area (Å²) in [5.74, 6) is 5.01. The summed E-state index contributed by atoms with van der Waals surface area (Å²) in [5, 5.41) is 0.148. The molecule has 9 atom stereocenters. The van der Waals surface area contributed by atoms with Crippen molar-refractivity contribution in [3.63, 3.8) is 0 Å². The van der Waals surface area contributed by atoms with E-state index in [1.165, 1.54) is 44.9 Å². The summed E-state index contributed by atoms with van der Waals surface area (Å²) in [4.78, 5) is 13.6. The van der Waals surface area contributed by atoms with Crippen LogP contribution in [0, 0.1) is 46.3 Å². The standard InChI is InChI=1S/C27H44BrClO/c1-17(2)7-6-8-18(3)21-9-10-22-20-15-24(30)27(28)16-19(29)11-14-26(27,5)23(20)12-13-25(21,22)4/h17-23H,6-16H2,1-5H3/t18-,19+,20+,21-,22+,23+,25-,26-,27+/m1/s1. The van der Waals surface area contributed by atoms with Crippen molar-refractivity contribution in [1.82, 2.24) is 0 Å². The molecule has 4 saturated carbocycles. The molecule has 0 spiro atoms. The number of fused-ring (bicyclic) bond motifs is 5. The second kappa shape index (κ2) is 8.34. The minimum absolute atomic E-state index is 0.0840. The number of carbonyl (C=O) groups excluding carboxylic acids is 1. The van der Waals surface area contributed by atoms with Crippen LogP contribution in [0.15, 0.2) is 0 Å². The van der Waals surface area contributed by atoms with Crippen LogP contribution in [-0.2, 0) is 4.79 Å². The van der Waals surface area contributed by atoms with E-state index in [2.05, 4.69) is 50.5 Å². The van der Waals surface area contributed by atoms with Crippen LogP contribution < -0.4 is 0 Å².